The Labute approximate surface area is 117 Å². The Bertz CT molecular complexity index is 552. The molecule has 2 aromatic rings. The minimum atomic E-state index is 0.161. The molecule has 18 heavy (non-hydrogen) atoms. The predicted octanol–water partition coefficient (Wildman–Crippen LogP) is 3.77. The molecule has 1 unspecified atom stereocenters. The van der Waals surface area contributed by atoms with Gasteiger partial charge in [-0.2, -0.15) is 0 Å². The SMILES string of the molecule is CNC(c1cnccc1C)c1ccc(C)cc1Br. The summed E-state index contributed by atoms with van der Waals surface area (Å²) in [6.07, 6.45) is 3.76. The highest BCUT2D eigenvalue weighted by atomic mass is 79.9. The van der Waals surface area contributed by atoms with Crippen LogP contribution in [0.3, 0.4) is 0 Å². The van der Waals surface area contributed by atoms with Crippen molar-refractivity contribution in [3.8, 4) is 0 Å². The lowest BCUT2D eigenvalue weighted by Crippen LogP contribution is -2.19. The van der Waals surface area contributed by atoms with E-state index in [1.807, 2.05) is 25.5 Å². The third-order valence-electron chi connectivity index (χ3n) is 3.15. The molecule has 0 aliphatic rings. The Balaban J connectivity index is 2.49. The standard InChI is InChI=1S/C15H17BrN2/c1-10-4-5-12(14(16)8-10)15(17-3)13-9-18-7-6-11(13)2/h4-9,15,17H,1-3H3. The number of pyridine rings is 1. The van der Waals surface area contributed by atoms with Gasteiger partial charge in [-0.05, 0) is 55.3 Å². The van der Waals surface area contributed by atoms with Gasteiger partial charge in [-0.15, -0.1) is 0 Å². The van der Waals surface area contributed by atoms with Crippen LogP contribution in [0.4, 0.5) is 0 Å². The lowest BCUT2D eigenvalue weighted by atomic mass is 9.96. The van der Waals surface area contributed by atoms with Gasteiger partial charge in [-0.1, -0.05) is 28.1 Å². The summed E-state index contributed by atoms with van der Waals surface area (Å²) in [4.78, 5) is 4.23. The van der Waals surface area contributed by atoms with Crippen LogP contribution in [0.5, 0.6) is 0 Å². The molecular weight excluding hydrogens is 288 g/mol. The van der Waals surface area contributed by atoms with Crippen LogP contribution in [0.25, 0.3) is 0 Å². The third kappa shape index (κ3) is 2.62. The number of benzene rings is 1. The molecule has 0 spiro atoms. The molecule has 0 fully saturated rings. The van der Waals surface area contributed by atoms with Crippen molar-refractivity contribution in [3.05, 3.63) is 63.4 Å². The Morgan fingerprint density at radius 1 is 1.17 bits per heavy atom. The van der Waals surface area contributed by atoms with E-state index in [0.717, 1.165) is 4.47 Å². The van der Waals surface area contributed by atoms with Gasteiger partial charge in [0.25, 0.3) is 0 Å². The molecule has 0 saturated heterocycles. The van der Waals surface area contributed by atoms with Crippen LogP contribution >= 0.6 is 15.9 Å². The van der Waals surface area contributed by atoms with Crippen LogP contribution in [-0.4, -0.2) is 12.0 Å². The zero-order chi connectivity index (χ0) is 13.1. The smallest absolute Gasteiger partial charge is 0.0603 e. The molecule has 2 nitrogen and oxygen atoms in total. The monoisotopic (exact) mass is 304 g/mol. The van der Waals surface area contributed by atoms with Crippen molar-refractivity contribution in [1.29, 1.82) is 0 Å². The first-order valence-corrected chi connectivity index (χ1v) is 6.76. The minimum Gasteiger partial charge on any atom is -0.309 e. The van der Waals surface area contributed by atoms with Crippen molar-refractivity contribution in [2.45, 2.75) is 19.9 Å². The molecule has 0 amide bonds. The van der Waals surface area contributed by atoms with E-state index < -0.39 is 0 Å². The molecule has 2 rings (SSSR count). The zero-order valence-electron chi connectivity index (χ0n) is 10.9. The molecule has 1 aromatic carbocycles. The van der Waals surface area contributed by atoms with E-state index in [1.165, 1.54) is 22.3 Å². The third-order valence-corrected chi connectivity index (χ3v) is 3.83. The number of hydrogen-bond donors (Lipinski definition) is 1. The fraction of sp³-hybridized carbons (Fsp3) is 0.267. The normalized spacial score (nSPS) is 12.4. The summed E-state index contributed by atoms with van der Waals surface area (Å²) < 4.78 is 1.13. The van der Waals surface area contributed by atoms with Gasteiger partial charge in [0, 0.05) is 16.9 Å². The molecular formula is C15H17BrN2. The van der Waals surface area contributed by atoms with Gasteiger partial charge in [0.15, 0.2) is 0 Å². The van der Waals surface area contributed by atoms with Crippen molar-refractivity contribution in [2.75, 3.05) is 7.05 Å². The summed E-state index contributed by atoms with van der Waals surface area (Å²) in [7, 11) is 1.98. The van der Waals surface area contributed by atoms with Gasteiger partial charge in [0.1, 0.15) is 0 Å². The highest BCUT2D eigenvalue weighted by Gasteiger charge is 2.16. The van der Waals surface area contributed by atoms with Gasteiger partial charge in [-0.3, -0.25) is 4.98 Å². The fourth-order valence-corrected chi connectivity index (χ4v) is 2.85. The largest absolute Gasteiger partial charge is 0.309 e. The molecule has 0 bridgehead atoms. The van der Waals surface area contributed by atoms with Crippen LogP contribution in [-0.2, 0) is 0 Å². The molecule has 0 aliphatic heterocycles. The first-order valence-electron chi connectivity index (χ1n) is 5.97. The molecule has 1 N–H and O–H groups in total. The molecule has 1 heterocycles. The number of rotatable bonds is 3. The Hall–Kier alpha value is -1.19. The summed E-state index contributed by atoms with van der Waals surface area (Å²) in [5.74, 6) is 0. The molecule has 0 radical (unpaired) electrons. The van der Waals surface area contributed by atoms with E-state index in [2.05, 4.69) is 58.3 Å². The molecule has 94 valence electrons. The maximum atomic E-state index is 4.23. The summed E-state index contributed by atoms with van der Waals surface area (Å²) in [5.41, 5.74) is 4.95. The van der Waals surface area contributed by atoms with Crippen molar-refractivity contribution >= 4 is 15.9 Å². The highest BCUT2D eigenvalue weighted by Crippen LogP contribution is 2.30. The fourth-order valence-electron chi connectivity index (χ4n) is 2.12. The summed E-state index contributed by atoms with van der Waals surface area (Å²) >= 11 is 3.65. The maximum absolute atomic E-state index is 4.23. The lowest BCUT2D eigenvalue weighted by molar-refractivity contribution is 0.681. The van der Waals surface area contributed by atoms with E-state index in [9.17, 15) is 0 Å². The number of halogens is 1. The predicted molar refractivity (Wildman–Crippen MR) is 78.8 cm³/mol. The molecule has 0 aliphatic carbocycles. The second-order valence-electron chi connectivity index (χ2n) is 4.48. The van der Waals surface area contributed by atoms with Crippen LogP contribution in [0, 0.1) is 13.8 Å². The average Bonchev–Trinajstić information content (AvgIpc) is 2.34. The number of nitrogens with zero attached hydrogens (tertiary/aromatic N) is 1. The summed E-state index contributed by atoms with van der Waals surface area (Å²) in [6.45, 7) is 4.21. The first-order chi connectivity index (χ1) is 8.63. The van der Waals surface area contributed by atoms with Gasteiger partial charge in [0.05, 0.1) is 6.04 Å². The second kappa shape index (κ2) is 5.63. The van der Waals surface area contributed by atoms with Crippen molar-refractivity contribution in [2.24, 2.45) is 0 Å². The van der Waals surface area contributed by atoms with Gasteiger partial charge in [-0.25, -0.2) is 0 Å². The van der Waals surface area contributed by atoms with Crippen LogP contribution in [0.15, 0.2) is 41.1 Å². The summed E-state index contributed by atoms with van der Waals surface area (Å²) in [6, 6.07) is 8.64. The minimum absolute atomic E-state index is 0.161. The van der Waals surface area contributed by atoms with Gasteiger partial charge >= 0.3 is 0 Å². The van der Waals surface area contributed by atoms with E-state index in [-0.39, 0.29) is 6.04 Å². The number of aryl methyl sites for hydroxylation is 2. The van der Waals surface area contributed by atoms with Crippen molar-refractivity contribution in [1.82, 2.24) is 10.3 Å². The van der Waals surface area contributed by atoms with E-state index >= 15 is 0 Å². The Morgan fingerprint density at radius 2 is 1.94 bits per heavy atom. The Kier molecular flexibility index (Phi) is 4.15. The van der Waals surface area contributed by atoms with Crippen molar-refractivity contribution < 1.29 is 0 Å². The van der Waals surface area contributed by atoms with Crippen LogP contribution in [0.1, 0.15) is 28.3 Å². The van der Waals surface area contributed by atoms with E-state index in [0.29, 0.717) is 0 Å². The van der Waals surface area contributed by atoms with Gasteiger partial charge in [0.2, 0.25) is 0 Å². The molecule has 1 atom stereocenters. The Morgan fingerprint density at radius 3 is 2.56 bits per heavy atom. The zero-order valence-corrected chi connectivity index (χ0v) is 12.5. The molecule has 1 aromatic heterocycles. The average molecular weight is 305 g/mol. The summed E-state index contributed by atoms with van der Waals surface area (Å²) in [5, 5.41) is 3.37. The van der Waals surface area contributed by atoms with Crippen molar-refractivity contribution in [3.63, 3.8) is 0 Å². The van der Waals surface area contributed by atoms with Crippen LogP contribution in [0.2, 0.25) is 0 Å². The molecule has 0 saturated carbocycles. The highest BCUT2D eigenvalue weighted by molar-refractivity contribution is 9.10. The van der Waals surface area contributed by atoms with Crippen LogP contribution < -0.4 is 5.32 Å². The number of nitrogens with one attached hydrogen (secondary N) is 1. The molecule has 3 heteroatoms. The topological polar surface area (TPSA) is 24.9 Å². The van der Waals surface area contributed by atoms with E-state index in [4.69, 9.17) is 0 Å². The van der Waals surface area contributed by atoms with Gasteiger partial charge < -0.3 is 5.32 Å². The van der Waals surface area contributed by atoms with E-state index in [1.54, 1.807) is 0 Å². The second-order valence-corrected chi connectivity index (χ2v) is 5.33. The number of aromatic nitrogens is 1. The lowest BCUT2D eigenvalue weighted by Gasteiger charge is -2.20. The first kappa shape index (κ1) is 13.2. The quantitative estimate of drug-likeness (QED) is 0.933. The number of hydrogen-bond acceptors (Lipinski definition) is 2. The maximum Gasteiger partial charge on any atom is 0.0603 e.